The summed E-state index contributed by atoms with van der Waals surface area (Å²) in [6.45, 7) is 13.7. The number of aryl methyl sites for hydroxylation is 3. The number of amides is 3. The molecule has 0 spiro atoms. The molecule has 1 saturated heterocycles. The predicted octanol–water partition coefficient (Wildman–Crippen LogP) is 7.79. The lowest BCUT2D eigenvalue weighted by molar-refractivity contribution is -0.142. The van der Waals surface area contributed by atoms with Crippen LogP contribution in [0.15, 0.2) is 83.3 Å². The van der Waals surface area contributed by atoms with Gasteiger partial charge in [-0.25, -0.2) is 4.98 Å². The normalized spacial score (nSPS) is 16.7. The smallest absolute Gasteiger partial charge is 0.308 e. The van der Waals surface area contributed by atoms with Gasteiger partial charge in [0.2, 0.25) is 11.8 Å². The Morgan fingerprint density at radius 3 is 2.15 bits per heavy atom. The molecule has 0 bridgehead atoms. The summed E-state index contributed by atoms with van der Waals surface area (Å²) < 4.78 is 7.03. The van der Waals surface area contributed by atoms with Crippen molar-refractivity contribution in [3.63, 3.8) is 0 Å². The Labute approximate surface area is 392 Å². The van der Waals surface area contributed by atoms with Gasteiger partial charge in [0.15, 0.2) is 5.82 Å². The van der Waals surface area contributed by atoms with E-state index in [2.05, 4.69) is 39.7 Å². The van der Waals surface area contributed by atoms with Gasteiger partial charge in [-0.15, -0.1) is 32.9 Å². The molecule has 0 radical (unpaired) electrons. The van der Waals surface area contributed by atoms with Crippen LogP contribution in [0.4, 0.5) is 0 Å². The summed E-state index contributed by atoms with van der Waals surface area (Å²) in [5.74, 6) is -0.180. The molecule has 8 rings (SSSR count). The third-order valence-electron chi connectivity index (χ3n) is 12.5. The van der Waals surface area contributed by atoms with Gasteiger partial charge < -0.3 is 25.4 Å². The first-order valence-electron chi connectivity index (χ1n) is 22.0. The second-order valence-electron chi connectivity index (χ2n) is 17.9. The minimum atomic E-state index is -0.920. The number of ether oxygens (including phenoxy) is 1. The number of thiazole rings is 1. The molecule has 6 aromatic rings. The van der Waals surface area contributed by atoms with Crippen molar-refractivity contribution < 1.29 is 29.0 Å². The van der Waals surface area contributed by atoms with Crippen LogP contribution in [0.5, 0.6) is 0 Å². The van der Waals surface area contributed by atoms with E-state index in [1.54, 1.807) is 45.2 Å². The quantitative estimate of drug-likeness (QED) is 0.103. The Kier molecular flexibility index (Phi) is 13.2. The van der Waals surface area contributed by atoms with Crippen molar-refractivity contribution in [1.82, 2.24) is 35.3 Å². The first kappa shape index (κ1) is 46.2. The summed E-state index contributed by atoms with van der Waals surface area (Å²) in [6.07, 6.45) is 1.11. The molecular formula is C50H54N8O6S2. The van der Waals surface area contributed by atoms with Gasteiger partial charge in [0.05, 0.1) is 48.0 Å². The van der Waals surface area contributed by atoms with Crippen LogP contribution in [0, 0.1) is 33.1 Å². The Bertz CT molecular complexity index is 2820. The molecule has 3 aromatic carbocycles. The van der Waals surface area contributed by atoms with E-state index in [1.807, 2.05) is 99.8 Å². The maximum atomic E-state index is 14.3. The molecule has 1 fully saturated rings. The monoisotopic (exact) mass is 926 g/mol. The summed E-state index contributed by atoms with van der Waals surface area (Å²) in [7, 11) is 1.36. The maximum absolute atomic E-state index is 14.3. The first-order chi connectivity index (χ1) is 31.6. The Hall–Kier alpha value is -6.36. The number of carbonyl (C=O) groups excluding carboxylic acids is 4. The lowest BCUT2D eigenvalue weighted by Gasteiger charge is -2.35. The van der Waals surface area contributed by atoms with Crippen LogP contribution in [0.25, 0.3) is 26.6 Å². The van der Waals surface area contributed by atoms with Crippen LogP contribution < -0.4 is 10.6 Å². The van der Waals surface area contributed by atoms with E-state index in [0.29, 0.717) is 36.6 Å². The highest BCUT2D eigenvalue weighted by atomic mass is 32.1. The van der Waals surface area contributed by atoms with E-state index in [1.165, 1.54) is 7.11 Å². The predicted molar refractivity (Wildman–Crippen MR) is 256 cm³/mol. The van der Waals surface area contributed by atoms with E-state index in [9.17, 15) is 24.3 Å². The van der Waals surface area contributed by atoms with Gasteiger partial charge in [-0.3, -0.25) is 28.7 Å². The van der Waals surface area contributed by atoms with Crippen LogP contribution in [-0.2, 0) is 19.1 Å². The fourth-order valence-corrected chi connectivity index (χ4v) is 10.7. The summed E-state index contributed by atoms with van der Waals surface area (Å²) >= 11 is 3.20. The molecule has 5 heterocycles. The summed E-state index contributed by atoms with van der Waals surface area (Å²) in [5.41, 5.74) is 9.71. The van der Waals surface area contributed by atoms with Crippen molar-refractivity contribution in [2.75, 3.05) is 20.3 Å². The molecule has 4 unspecified atom stereocenters. The molecule has 66 heavy (non-hydrogen) atoms. The van der Waals surface area contributed by atoms with Crippen LogP contribution >= 0.6 is 22.7 Å². The zero-order valence-corrected chi connectivity index (χ0v) is 40.0. The number of hydrogen-bond acceptors (Lipinski definition) is 12. The Morgan fingerprint density at radius 2 is 1.53 bits per heavy atom. The highest BCUT2D eigenvalue weighted by Gasteiger charge is 2.42. The van der Waals surface area contributed by atoms with Gasteiger partial charge >= 0.3 is 5.97 Å². The molecule has 14 nitrogen and oxygen atoms in total. The Balaban J connectivity index is 0.960. The fourth-order valence-electron chi connectivity index (χ4n) is 8.68. The zero-order chi connectivity index (χ0) is 47.0. The number of carbonyl (C=O) groups is 4. The molecule has 3 N–H and O–H groups in total. The Morgan fingerprint density at radius 1 is 0.879 bits per heavy atom. The van der Waals surface area contributed by atoms with Crippen molar-refractivity contribution in [3.8, 4) is 26.6 Å². The topological polar surface area (TPSA) is 181 Å². The van der Waals surface area contributed by atoms with Gasteiger partial charge in [-0.2, -0.15) is 0 Å². The highest BCUT2D eigenvalue weighted by molar-refractivity contribution is 7.15. The first-order valence-corrected chi connectivity index (χ1v) is 23.7. The number of aliphatic hydroxyl groups is 1. The summed E-state index contributed by atoms with van der Waals surface area (Å²) in [4.78, 5) is 67.9. The maximum Gasteiger partial charge on any atom is 0.308 e. The number of thiophene rings is 1. The molecule has 3 amide bonds. The van der Waals surface area contributed by atoms with Crippen molar-refractivity contribution in [2.24, 2.45) is 10.4 Å². The zero-order valence-electron chi connectivity index (χ0n) is 38.3. The molecule has 0 saturated carbocycles. The molecule has 342 valence electrons. The average Bonchev–Trinajstić information content (AvgIpc) is 4.11. The van der Waals surface area contributed by atoms with E-state index < -0.39 is 41.5 Å². The van der Waals surface area contributed by atoms with Crippen LogP contribution in [0.3, 0.4) is 0 Å². The molecule has 0 aliphatic carbocycles. The number of nitrogens with one attached hydrogen (secondary N) is 2. The second-order valence-corrected chi connectivity index (χ2v) is 20.0. The van der Waals surface area contributed by atoms with E-state index in [0.717, 1.165) is 65.1 Å². The van der Waals surface area contributed by atoms with Gasteiger partial charge in [0.25, 0.3) is 5.91 Å². The lowest BCUT2D eigenvalue weighted by atomic mass is 9.85. The fraction of sp³-hybridized carbons (Fsp3) is 0.360. The van der Waals surface area contributed by atoms with Gasteiger partial charge in [-0.05, 0) is 85.9 Å². The number of methoxy groups -OCH3 is 1. The average molecular weight is 927 g/mol. The largest absolute Gasteiger partial charge is 0.469 e. The van der Waals surface area contributed by atoms with E-state index in [4.69, 9.17) is 9.73 Å². The number of hydrogen-bond donors (Lipinski definition) is 3. The summed E-state index contributed by atoms with van der Waals surface area (Å²) in [6, 6.07) is 20.0. The number of fused-ring (bicyclic) bond motifs is 3. The van der Waals surface area contributed by atoms with Crippen molar-refractivity contribution in [2.45, 2.75) is 91.9 Å². The lowest BCUT2D eigenvalue weighted by Crippen LogP contribution is -2.57. The van der Waals surface area contributed by atoms with E-state index >= 15 is 0 Å². The molecular weight excluding hydrogens is 873 g/mol. The number of nitrogens with zero attached hydrogens (tertiary/aromatic N) is 6. The van der Waals surface area contributed by atoms with Crippen LogP contribution in [-0.4, -0.2) is 91.5 Å². The summed E-state index contributed by atoms with van der Waals surface area (Å²) in [5, 5.41) is 26.1. The molecule has 4 atom stereocenters. The third-order valence-corrected chi connectivity index (χ3v) is 14.7. The minimum Gasteiger partial charge on any atom is -0.469 e. The van der Waals surface area contributed by atoms with Crippen LogP contribution in [0.1, 0.15) is 107 Å². The molecule has 2 aliphatic rings. The van der Waals surface area contributed by atoms with E-state index in [-0.39, 0.29) is 24.8 Å². The number of aromatic nitrogens is 4. The van der Waals surface area contributed by atoms with Gasteiger partial charge in [0, 0.05) is 28.1 Å². The second kappa shape index (κ2) is 18.9. The SMILES string of the molecule is COC(=O)CC1N=C(c2ccc(-c3ccc(C(=O)NC(C(=O)N4CCCC4C(=O)NC(CO)c4ccc(-c5scnc5C)cc4)C(C)(C)C)cc3)cc2)c2c(sc(C)c2C)-n2c(C)nnc21. The minimum absolute atomic E-state index is 0.0150. The standard InChI is InChI=1S/C50H54N8O6S2/c1-27-29(3)66-49-41(27)42(52-37(24-40(60)64-8)45-56-55-30(4)58(45)49)34-17-11-31(12-18-34)32-13-21-36(22-14-32)46(61)54-44(50(5,6)7)48(63)57-23-9-10-39(57)47(62)53-38(25-59)33-15-19-35(20-16-33)43-28(2)51-26-65-43/h11-22,26,37-39,44,59H,9-10,23-25H2,1-8H3,(H,53,62)(H,54,61). The number of likely N-dealkylation sites (tertiary alicyclic amines) is 1. The number of esters is 1. The number of rotatable bonds is 12. The van der Waals surface area contributed by atoms with Crippen molar-refractivity contribution >= 4 is 52.1 Å². The van der Waals surface area contributed by atoms with Crippen molar-refractivity contribution in [1.29, 1.82) is 0 Å². The molecule has 2 aliphatic heterocycles. The van der Waals surface area contributed by atoms with Crippen molar-refractivity contribution in [3.05, 3.63) is 128 Å². The third kappa shape index (κ3) is 9.09. The number of benzene rings is 3. The molecule has 3 aromatic heterocycles. The van der Waals surface area contributed by atoms with Crippen LogP contribution in [0.2, 0.25) is 0 Å². The number of aliphatic hydroxyl groups excluding tert-OH is 1. The highest BCUT2D eigenvalue weighted by Crippen LogP contribution is 2.40. The number of aliphatic imine (C=N–C) groups is 1. The van der Waals surface area contributed by atoms with Gasteiger partial charge in [0.1, 0.15) is 29.0 Å². The van der Waals surface area contributed by atoms with Gasteiger partial charge in [-0.1, -0.05) is 81.4 Å². The molecule has 16 heteroatoms.